The summed E-state index contributed by atoms with van der Waals surface area (Å²) in [5.74, 6) is 0.831. The average molecular weight is 587 g/mol. The number of likely N-dealkylation sites (tertiary alicyclic amines) is 1. The highest BCUT2D eigenvalue weighted by Crippen LogP contribution is 2.29. The molecule has 0 atom stereocenters. The zero-order chi connectivity index (χ0) is 31.9. The molecule has 2 aromatic rings. The molecule has 0 radical (unpaired) electrons. The summed E-state index contributed by atoms with van der Waals surface area (Å²) in [5, 5.41) is 14.6. The van der Waals surface area contributed by atoms with Crippen molar-refractivity contribution in [2.45, 2.75) is 59.9 Å². The zero-order valence-corrected chi connectivity index (χ0v) is 27.1. The van der Waals surface area contributed by atoms with Crippen LogP contribution in [-0.4, -0.2) is 94.1 Å². The summed E-state index contributed by atoms with van der Waals surface area (Å²) in [6, 6.07) is 14.9. The SMILES string of the molecule is C=NN(c1cc(OC)ccc1CCN1CCC(CN(C)C)CC1)C(C)C.CC.CCOC=O.O=C(O)c1ccccc1. The predicted octanol–water partition coefficient (Wildman–Crippen LogP) is 5.93. The number of nitrogens with zero attached hydrogens (tertiary/aromatic N) is 4. The maximum Gasteiger partial charge on any atom is 0.335 e. The standard InChI is InChI=1S/C21H36N4O.C7H6O2.C3H6O2.C2H6/c1-17(2)25(22-3)21-15-20(26-6)8-7-19(21)11-14-24-12-9-18(10-13-24)16-23(4)5;8-7(9)6-4-2-1-3-5-6;1-2-5-3-4;1-2/h7-8,15,17-18H,3,9-14,16H2,1-2,4-6H3;1-5H,(H,8,9);3H,2H2,1H3;1-2H3. The van der Waals surface area contributed by atoms with Crippen molar-refractivity contribution >= 4 is 24.8 Å². The number of benzene rings is 2. The van der Waals surface area contributed by atoms with E-state index in [0.29, 0.717) is 18.6 Å². The van der Waals surface area contributed by atoms with E-state index < -0.39 is 5.97 Å². The van der Waals surface area contributed by atoms with Gasteiger partial charge in [-0.05, 0) is 96.9 Å². The second kappa shape index (κ2) is 23.2. The van der Waals surface area contributed by atoms with Crippen molar-refractivity contribution in [3.8, 4) is 5.75 Å². The van der Waals surface area contributed by atoms with Crippen molar-refractivity contribution in [2.75, 3.05) is 59.0 Å². The second-order valence-electron chi connectivity index (χ2n) is 10.1. The van der Waals surface area contributed by atoms with Crippen LogP contribution in [-0.2, 0) is 16.0 Å². The number of hydrazone groups is 1. The van der Waals surface area contributed by atoms with Crippen molar-refractivity contribution in [1.29, 1.82) is 0 Å². The van der Waals surface area contributed by atoms with Gasteiger partial charge >= 0.3 is 5.97 Å². The van der Waals surface area contributed by atoms with Gasteiger partial charge in [-0.3, -0.25) is 9.80 Å². The van der Waals surface area contributed by atoms with E-state index in [1.54, 1.807) is 44.4 Å². The summed E-state index contributed by atoms with van der Waals surface area (Å²) < 4.78 is 9.57. The Morgan fingerprint density at radius 2 is 1.76 bits per heavy atom. The topological polar surface area (TPSA) is 94.9 Å². The highest BCUT2D eigenvalue weighted by Gasteiger charge is 2.20. The molecule has 2 aromatic carbocycles. The minimum Gasteiger partial charge on any atom is -0.497 e. The lowest BCUT2D eigenvalue weighted by molar-refractivity contribution is -0.128. The van der Waals surface area contributed by atoms with E-state index in [4.69, 9.17) is 9.84 Å². The first-order chi connectivity index (χ1) is 20.2. The average Bonchev–Trinajstić information content (AvgIpc) is 2.99. The van der Waals surface area contributed by atoms with Gasteiger partial charge in [-0.15, -0.1) is 0 Å². The molecule has 0 bridgehead atoms. The third kappa shape index (κ3) is 15.5. The van der Waals surface area contributed by atoms with Crippen LogP contribution in [0, 0.1) is 5.92 Å². The molecule has 1 aliphatic heterocycles. The van der Waals surface area contributed by atoms with Crippen LogP contribution in [0.5, 0.6) is 5.75 Å². The number of rotatable bonds is 12. The fourth-order valence-corrected chi connectivity index (χ4v) is 4.45. The lowest BCUT2D eigenvalue weighted by Gasteiger charge is -2.33. The third-order valence-electron chi connectivity index (χ3n) is 6.46. The number of ether oxygens (including phenoxy) is 2. The van der Waals surface area contributed by atoms with Gasteiger partial charge in [0.2, 0.25) is 0 Å². The summed E-state index contributed by atoms with van der Waals surface area (Å²) in [6.07, 6.45) is 3.64. The highest BCUT2D eigenvalue weighted by atomic mass is 16.5. The van der Waals surface area contributed by atoms with Gasteiger partial charge in [0, 0.05) is 31.9 Å². The molecule has 0 amide bonds. The maximum absolute atomic E-state index is 10.2. The summed E-state index contributed by atoms with van der Waals surface area (Å²) in [5.41, 5.74) is 2.75. The maximum atomic E-state index is 10.2. The van der Waals surface area contributed by atoms with Crippen LogP contribution >= 0.6 is 0 Å². The van der Waals surface area contributed by atoms with E-state index >= 15 is 0 Å². The zero-order valence-electron chi connectivity index (χ0n) is 27.1. The number of carboxylic acid groups (broad SMARTS) is 1. The van der Waals surface area contributed by atoms with Gasteiger partial charge in [0.1, 0.15) is 5.75 Å². The van der Waals surface area contributed by atoms with Gasteiger partial charge in [-0.1, -0.05) is 38.1 Å². The Hall–Kier alpha value is -3.43. The van der Waals surface area contributed by atoms with Crippen LogP contribution in [0.1, 0.15) is 63.4 Å². The van der Waals surface area contributed by atoms with Gasteiger partial charge < -0.3 is 24.4 Å². The molecule has 0 aromatic heterocycles. The molecule has 1 N–H and O–H groups in total. The monoisotopic (exact) mass is 586 g/mol. The number of carboxylic acids is 1. The molecule has 0 unspecified atom stereocenters. The molecule has 0 spiro atoms. The Bertz CT molecular complexity index is 993. The van der Waals surface area contributed by atoms with Crippen LogP contribution in [0.3, 0.4) is 0 Å². The largest absolute Gasteiger partial charge is 0.497 e. The minimum absolute atomic E-state index is 0.264. The molecule has 0 aliphatic carbocycles. The Morgan fingerprint density at radius 1 is 1.14 bits per heavy atom. The first-order valence-corrected chi connectivity index (χ1v) is 14.8. The Morgan fingerprint density at radius 3 is 2.17 bits per heavy atom. The second-order valence-corrected chi connectivity index (χ2v) is 10.1. The first kappa shape index (κ1) is 38.6. The highest BCUT2D eigenvalue weighted by molar-refractivity contribution is 5.87. The van der Waals surface area contributed by atoms with Crippen molar-refractivity contribution in [2.24, 2.45) is 11.0 Å². The van der Waals surface area contributed by atoms with Crippen molar-refractivity contribution < 1.29 is 24.2 Å². The summed E-state index contributed by atoms with van der Waals surface area (Å²) in [7, 11) is 6.05. The van der Waals surface area contributed by atoms with Crippen molar-refractivity contribution in [3.63, 3.8) is 0 Å². The first-order valence-electron chi connectivity index (χ1n) is 14.8. The van der Waals surface area contributed by atoms with Gasteiger partial charge in [0.15, 0.2) is 0 Å². The predicted molar refractivity (Wildman–Crippen MR) is 174 cm³/mol. The van der Waals surface area contributed by atoms with Gasteiger partial charge in [-0.2, -0.15) is 5.10 Å². The van der Waals surface area contributed by atoms with Crippen LogP contribution in [0.2, 0.25) is 0 Å². The van der Waals surface area contributed by atoms with E-state index in [0.717, 1.165) is 30.3 Å². The number of carbonyl (C=O) groups excluding carboxylic acids is 1. The molecule has 0 saturated carbocycles. The fraction of sp³-hybridized carbons (Fsp3) is 0.545. The lowest BCUT2D eigenvalue weighted by Crippen LogP contribution is -2.38. The molecule has 1 heterocycles. The molecular weight excluding hydrogens is 532 g/mol. The normalized spacial score (nSPS) is 12.9. The minimum atomic E-state index is -0.879. The van der Waals surface area contributed by atoms with E-state index in [-0.39, 0.29) is 6.04 Å². The van der Waals surface area contributed by atoms with E-state index in [2.05, 4.69) is 66.4 Å². The quantitative estimate of drug-likeness (QED) is 0.186. The third-order valence-corrected chi connectivity index (χ3v) is 6.46. The number of aromatic carboxylic acids is 1. The molecule has 9 nitrogen and oxygen atoms in total. The smallest absolute Gasteiger partial charge is 0.335 e. The number of anilines is 1. The van der Waals surface area contributed by atoms with Crippen LogP contribution in [0.25, 0.3) is 0 Å². The van der Waals surface area contributed by atoms with Gasteiger partial charge in [-0.25, -0.2) is 4.79 Å². The number of hydrogen-bond acceptors (Lipinski definition) is 8. The van der Waals surface area contributed by atoms with E-state index in [1.165, 1.54) is 38.0 Å². The number of hydrogen-bond donors (Lipinski definition) is 1. The number of methoxy groups -OCH3 is 1. The summed E-state index contributed by atoms with van der Waals surface area (Å²) in [6.45, 7) is 19.4. The van der Waals surface area contributed by atoms with Gasteiger partial charge in [0.25, 0.3) is 6.47 Å². The van der Waals surface area contributed by atoms with Crippen LogP contribution in [0.15, 0.2) is 53.6 Å². The molecule has 236 valence electrons. The van der Waals surface area contributed by atoms with Crippen LogP contribution in [0.4, 0.5) is 5.69 Å². The van der Waals surface area contributed by atoms with Crippen molar-refractivity contribution in [1.82, 2.24) is 9.80 Å². The molecule has 1 saturated heterocycles. The van der Waals surface area contributed by atoms with Crippen LogP contribution < -0.4 is 9.75 Å². The molecule has 42 heavy (non-hydrogen) atoms. The Kier molecular flexibility index (Phi) is 21.3. The fourth-order valence-electron chi connectivity index (χ4n) is 4.45. The molecule has 9 heteroatoms. The molecular formula is C33H54N4O5. The van der Waals surface area contributed by atoms with Crippen molar-refractivity contribution in [3.05, 3.63) is 59.7 Å². The summed E-state index contributed by atoms with van der Waals surface area (Å²) in [4.78, 5) is 24.3. The molecule has 1 fully saturated rings. The Balaban J connectivity index is 0.000000858. The summed E-state index contributed by atoms with van der Waals surface area (Å²) >= 11 is 0. The van der Waals surface area contributed by atoms with E-state index in [9.17, 15) is 9.59 Å². The van der Waals surface area contributed by atoms with Gasteiger partial charge in [0.05, 0.1) is 25.0 Å². The molecule has 1 aliphatic rings. The Labute approximate surface area is 254 Å². The number of piperidine rings is 1. The number of carbonyl (C=O) groups is 2. The molecule has 3 rings (SSSR count). The van der Waals surface area contributed by atoms with E-state index in [1.807, 2.05) is 24.9 Å². The lowest BCUT2D eigenvalue weighted by atomic mass is 9.96.